The summed E-state index contributed by atoms with van der Waals surface area (Å²) in [4.78, 5) is 2.31. The summed E-state index contributed by atoms with van der Waals surface area (Å²) in [6, 6.07) is 4.59. The van der Waals surface area contributed by atoms with E-state index in [1.54, 1.807) is 0 Å². The van der Waals surface area contributed by atoms with Crippen molar-refractivity contribution < 1.29 is 0 Å². The molecule has 0 amide bonds. The zero-order valence-corrected chi connectivity index (χ0v) is 10.7. The first-order valence-electron chi connectivity index (χ1n) is 5.88. The highest BCUT2D eigenvalue weighted by Crippen LogP contribution is 2.33. The standard InChI is InChI=1S/C13H19ClN2/c1-9-7-13(12(15)8-11(9)14)16(2)10-5-3-4-6-10/h7-8,10H,3-6,15H2,1-2H3. The Bertz CT molecular complexity index is 384. The van der Waals surface area contributed by atoms with Crippen molar-refractivity contribution in [1.29, 1.82) is 0 Å². The minimum Gasteiger partial charge on any atom is -0.397 e. The number of benzene rings is 1. The van der Waals surface area contributed by atoms with E-state index < -0.39 is 0 Å². The quantitative estimate of drug-likeness (QED) is 0.798. The first-order chi connectivity index (χ1) is 7.59. The number of nitrogens with zero attached hydrogens (tertiary/aromatic N) is 1. The molecule has 3 heteroatoms. The molecular weight excluding hydrogens is 220 g/mol. The maximum Gasteiger partial charge on any atom is 0.0603 e. The van der Waals surface area contributed by atoms with E-state index in [-0.39, 0.29) is 0 Å². The van der Waals surface area contributed by atoms with E-state index >= 15 is 0 Å². The maximum atomic E-state index is 6.05. The van der Waals surface area contributed by atoms with E-state index in [0.717, 1.165) is 22.0 Å². The van der Waals surface area contributed by atoms with Crippen molar-refractivity contribution in [2.75, 3.05) is 17.7 Å². The number of rotatable bonds is 2. The summed E-state index contributed by atoms with van der Waals surface area (Å²) >= 11 is 6.05. The molecule has 1 aromatic carbocycles. The van der Waals surface area contributed by atoms with Crippen LogP contribution in [-0.2, 0) is 0 Å². The van der Waals surface area contributed by atoms with Crippen molar-refractivity contribution in [3.8, 4) is 0 Å². The molecule has 2 rings (SSSR count). The van der Waals surface area contributed by atoms with Crippen LogP contribution in [0.25, 0.3) is 0 Å². The van der Waals surface area contributed by atoms with Crippen molar-refractivity contribution in [2.45, 2.75) is 38.6 Å². The molecule has 0 radical (unpaired) electrons. The third-order valence-electron chi connectivity index (χ3n) is 3.56. The Morgan fingerprint density at radius 2 is 1.94 bits per heavy atom. The van der Waals surface area contributed by atoms with Crippen molar-refractivity contribution >= 4 is 23.0 Å². The summed E-state index contributed by atoms with van der Waals surface area (Å²) in [5.74, 6) is 0. The largest absolute Gasteiger partial charge is 0.397 e. The van der Waals surface area contributed by atoms with Crippen LogP contribution >= 0.6 is 11.6 Å². The Balaban J connectivity index is 2.28. The Hall–Kier alpha value is -0.890. The second-order valence-corrected chi connectivity index (χ2v) is 5.12. The van der Waals surface area contributed by atoms with Gasteiger partial charge in [0.15, 0.2) is 0 Å². The molecule has 2 N–H and O–H groups in total. The van der Waals surface area contributed by atoms with Crippen LogP contribution in [0, 0.1) is 6.92 Å². The molecule has 16 heavy (non-hydrogen) atoms. The van der Waals surface area contributed by atoms with Crippen LogP contribution in [0.15, 0.2) is 12.1 Å². The van der Waals surface area contributed by atoms with Crippen LogP contribution in [0.5, 0.6) is 0 Å². The summed E-state index contributed by atoms with van der Waals surface area (Å²) in [5.41, 5.74) is 9.03. The smallest absolute Gasteiger partial charge is 0.0603 e. The monoisotopic (exact) mass is 238 g/mol. The Labute approximate surface area is 102 Å². The second kappa shape index (κ2) is 4.54. The third-order valence-corrected chi connectivity index (χ3v) is 3.97. The van der Waals surface area contributed by atoms with Crippen LogP contribution in [0.1, 0.15) is 31.2 Å². The highest BCUT2D eigenvalue weighted by atomic mass is 35.5. The normalized spacial score (nSPS) is 16.7. The number of nitrogens with two attached hydrogens (primary N) is 1. The van der Waals surface area contributed by atoms with Crippen LogP contribution in [0.4, 0.5) is 11.4 Å². The van der Waals surface area contributed by atoms with Gasteiger partial charge in [0.1, 0.15) is 0 Å². The highest BCUT2D eigenvalue weighted by Gasteiger charge is 2.21. The molecule has 0 bridgehead atoms. The third kappa shape index (κ3) is 2.12. The molecule has 1 aliphatic carbocycles. The average molecular weight is 239 g/mol. The average Bonchev–Trinajstić information content (AvgIpc) is 2.75. The van der Waals surface area contributed by atoms with E-state index in [1.807, 2.05) is 13.0 Å². The lowest BCUT2D eigenvalue weighted by Gasteiger charge is -2.28. The van der Waals surface area contributed by atoms with Gasteiger partial charge in [0, 0.05) is 18.1 Å². The van der Waals surface area contributed by atoms with Crippen molar-refractivity contribution in [3.63, 3.8) is 0 Å². The summed E-state index contributed by atoms with van der Waals surface area (Å²) < 4.78 is 0. The molecule has 0 saturated heterocycles. The molecular formula is C13H19ClN2. The minimum atomic E-state index is 0.642. The Morgan fingerprint density at radius 1 is 1.31 bits per heavy atom. The molecule has 0 aliphatic heterocycles. The fourth-order valence-corrected chi connectivity index (χ4v) is 2.65. The number of nitrogen functional groups attached to an aromatic ring is 1. The molecule has 1 saturated carbocycles. The van der Waals surface area contributed by atoms with Crippen molar-refractivity contribution in [2.24, 2.45) is 0 Å². The SMILES string of the molecule is Cc1cc(N(C)C2CCCC2)c(N)cc1Cl. The highest BCUT2D eigenvalue weighted by molar-refractivity contribution is 6.31. The van der Waals surface area contributed by atoms with E-state index in [0.29, 0.717) is 6.04 Å². The van der Waals surface area contributed by atoms with Gasteiger partial charge in [-0.25, -0.2) is 0 Å². The van der Waals surface area contributed by atoms with Crippen LogP contribution in [-0.4, -0.2) is 13.1 Å². The van der Waals surface area contributed by atoms with Gasteiger partial charge in [-0.05, 0) is 37.5 Å². The fourth-order valence-electron chi connectivity index (χ4n) is 2.48. The number of hydrogen-bond donors (Lipinski definition) is 1. The summed E-state index contributed by atoms with van der Waals surface area (Å²) in [6.45, 7) is 2.02. The number of halogens is 1. The van der Waals surface area contributed by atoms with Gasteiger partial charge in [0.05, 0.1) is 11.4 Å². The lowest BCUT2D eigenvalue weighted by Crippen LogP contribution is -2.29. The Morgan fingerprint density at radius 3 is 2.56 bits per heavy atom. The van der Waals surface area contributed by atoms with E-state index in [1.165, 1.54) is 25.7 Å². The van der Waals surface area contributed by atoms with Gasteiger partial charge in [-0.2, -0.15) is 0 Å². The number of anilines is 2. The van der Waals surface area contributed by atoms with Crippen LogP contribution < -0.4 is 10.6 Å². The fraction of sp³-hybridized carbons (Fsp3) is 0.538. The summed E-state index contributed by atoms with van der Waals surface area (Å²) in [7, 11) is 2.13. The molecule has 0 aromatic heterocycles. The van der Waals surface area contributed by atoms with Crippen molar-refractivity contribution in [1.82, 2.24) is 0 Å². The van der Waals surface area contributed by atoms with Gasteiger partial charge >= 0.3 is 0 Å². The van der Waals surface area contributed by atoms with Crippen LogP contribution in [0.2, 0.25) is 5.02 Å². The van der Waals surface area contributed by atoms with Gasteiger partial charge in [-0.1, -0.05) is 24.4 Å². The van der Waals surface area contributed by atoms with E-state index in [2.05, 4.69) is 18.0 Å². The number of hydrogen-bond acceptors (Lipinski definition) is 2. The lowest BCUT2D eigenvalue weighted by atomic mass is 10.1. The molecule has 0 spiro atoms. The van der Waals surface area contributed by atoms with Crippen LogP contribution in [0.3, 0.4) is 0 Å². The molecule has 0 heterocycles. The van der Waals surface area contributed by atoms with Gasteiger partial charge in [-0.15, -0.1) is 0 Å². The van der Waals surface area contributed by atoms with E-state index in [4.69, 9.17) is 17.3 Å². The summed E-state index contributed by atoms with van der Waals surface area (Å²) in [6.07, 6.45) is 5.22. The topological polar surface area (TPSA) is 29.3 Å². The predicted molar refractivity (Wildman–Crippen MR) is 71.3 cm³/mol. The molecule has 88 valence electrons. The molecule has 1 aromatic rings. The second-order valence-electron chi connectivity index (χ2n) is 4.71. The minimum absolute atomic E-state index is 0.642. The van der Waals surface area contributed by atoms with Gasteiger partial charge < -0.3 is 10.6 Å². The zero-order chi connectivity index (χ0) is 11.7. The Kier molecular flexibility index (Phi) is 3.29. The zero-order valence-electron chi connectivity index (χ0n) is 9.96. The van der Waals surface area contributed by atoms with Gasteiger partial charge in [0.2, 0.25) is 0 Å². The first-order valence-corrected chi connectivity index (χ1v) is 6.26. The maximum absolute atomic E-state index is 6.05. The molecule has 0 unspecified atom stereocenters. The molecule has 2 nitrogen and oxygen atoms in total. The lowest BCUT2D eigenvalue weighted by molar-refractivity contribution is 0.654. The predicted octanol–water partition coefficient (Wildman–Crippen LogP) is 3.61. The van der Waals surface area contributed by atoms with Gasteiger partial charge in [0.25, 0.3) is 0 Å². The molecule has 0 atom stereocenters. The molecule has 1 aliphatic rings. The molecule has 1 fully saturated rings. The number of aryl methyl sites for hydroxylation is 1. The summed E-state index contributed by atoms with van der Waals surface area (Å²) in [5, 5.41) is 0.751. The van der Waals surface area contributed by atoms with Crippen molar-refractivity contribution in [3.05, 3.63) is 22.7 Å². The van der Waals surface area contributed by atoms with Gasteiger partial charge in [-0.3, -0.25) is 0 Å². The first kappa shape index (κ1) is 11.6. The van der Waals surface area contributed by atoms with E-state index in [9.17, 15) is 0 Å².